The number of hydrogen-bond donors (Lipinski definition) is 5. The highest BCUT2D eigenvalue weighted by Crippen LogP contribution is 2.70. The number of aliphatic hydroxyl groups excluding tert-OH is 4. The van der Waals surface area contributed by atoms with Crippen molar-refractivity contribution in [3.63, 3.8) is 0 Å². The van der Waals surface area contributed by atoms with E-state index in [2.05, 4.69) is 6.92 Å². The SMILES string of the molecule is CC(=O)OC1CC(OC2CCC3(C)C(CCC4C3CC(O)C3(C)C(C5=CC(=O)OC5)CCC43O)C2)OC(C)C1OC1CC(O)C(OC2CC(O)C(O)C(C)O2)C(C)O1. The number of hydrogen-bond acceptors (Lipinski definition) is 15. The van der Waals surface area contributed by atoms with E-state index < -0.39 is 96.9 Å². The van der Waals surface area contributed by atoms with Gasteiger partial charge >= 0.3 is 11.9 Å². The van der Waals surface area contributed by atoms with E-state index in [4.69, 9.17) is 37.9 Å². The van der Waals surface area contributed by atoms with E-state index >= 15 is 0 Å². The van der Waals surface area contributed by atoms with E-state index in [1.54, 1.807) is 19.9 Å². The summed E-state index contributed by atoms with van der Waals surface area (Å²) in [5.74, 6) is -0.344. The lowest BCUT2D eigenvalue weighted by atomic mass is 9.42. The molecule has 4 heterocycles. The van der Waals surface area contributed by atoms with Crippen LogP contribution in [0.3, 0.4) is 0 Å². The average molecular weight is 823 g/mol. The molecule has 0 aromatic carbocycles. The average Bonchev–Trinajstić information content (AvgIpc) is 3.70. The van der Waals surface area contributed by atoms with Crippen LogP contribution in [-0.2, 0) is 47.5 Å². The zero-order valence-corrected chi connectivity index (χ0v) is 34.8. The molecule has 328 valence electrons. The number of cyclic esters (lactones) is 1. The minimum atomic E-state index is -1.03. The van der Waals surface area contributed by atoms with Gasteiger partial charge in [-0.15, -0.1) is 0 Å². The summed E-state index contributed by atoms with van der Waals surface area (Å²) in [5.41, 5.74) is -0.962. The molecule has 3 saturated heterocycles. The molecule has 4 aliphatic heterocycles. The summed E-state index contributed by atoms with van der Waals surface area (Å²) in [7, 11) is 0. The van der Waals surface area contributed by atoms with Crippen LogP contribution < -0.4 is 0 Å². The second kappa shape index (κ2) is 16.2. The lowest BCUT2D eigenvalue weighted by molar-refractivity contribution is -0.336. The lowest BCUT2D eigenvalue weighted by Crippen LogP contribution is -2.67. The van der Waals surface area contributed by atoms with Crippen molar-refractivity contribution < 1.29 is 73.0 Å². The molecular formula is C43H66O15. The molecule has 5 N–H and O–H groups in total. The summed E-state index contributed by atoms with van der Waals surface area (Å²) in [6.07, 6.45) is -1.81. The monoisotopic (exact) mass is 822 g/mol. The normalized spacial score (nSPS) is 53.2. The first-order valence-corrected chi connectivity index (χ1v) is 21.8. The van der Waals surface area contributed by atoms with Gasteiger partial charge < -0.3 is 63.4 Å². The Morgan fingerprint density at radius 2 is 1.41 bits per heavy atom. The van der Waals surface area contributed by atoms with E-state index in [-0.39, 0.29) is 61.1 Å². The topological polar surface area (TPSA) is 209 Å². The largest absolute Gasteiger partial charge is 0.459 e. The van der Waals surface area contributed by atoms with Gasteiger partial charge in [0.2, 0.25) is 0 Å². The standard InChI is InChI=1S/C43H66O15/c1-20-38(49)30(45)16-35(52-20)57-39-21(2)53-36(17-31(39)46)58-40-22(3)54-37(18-32(40)55-23(4)44)56-26-9-11-41(5)25(14-26)7-8-28-29(41)15-33(47)42(6)27(10-12-43(28,42)50)24-13-34(48)51-19-24/h13,20-22,25-33,35-40,45-47,49-50H,7-12,14-19H2,1-6H3. The van der Waals surface area contributed by atoms with E-state index in [1.807, 2.05) is 13.8 Å². The maximum atomic E-state index is 12.6. The van der Waals surface area contributed by atoms with E-state index in [0.717, 1.165) is 44.1 Å². The van der Waals surface area contributed by atoms with Crippen LogP contribution in [-0.4, -0.2) is 136 Å². The second-order valence-electron chi connectivity index (χ2n) is 19.4. The molecular weight excluding hydrogens is 756 g/mol. The van der Waals surface area contributed by atoms with Crippen molar-refractivity contribution in [3.8, 4) is 0 Å². The Bertz CT molecular complexity index is 1530. The van der Waals surface area contributed by atoms with Crippen LogP contribution in [0.1, 0.15) is 112 Å². The summed E-state index contributed by atoms with van der Waals surface area (Å²) in [5, 5.41) is 55.9. The fraction of sp³-hybridized carbons (Fsp3) is 0.907. The second-order valence-corrected chi connectivity index (χ2v) is 19.4. The van der Waals surface area contributed by atoms with Crippen molar-refractivity contribution in [3.05, 3.63) is 11.6 Å². The third kappa shape index (κ3) is 7.49. The molecule has 21 atom stereocenters. The zero-order chi connectivity index (χ0) is 41.5. The van der Waals surface area contributed by atoms with Crippen LogP contribution in [0, 0.1) is 34.5 Å². The molecule has 15 heteroatoms. The quantitative estimate of drug-likeness (QED) is 0.176. The highest BCUT2D eigenvalue weighted by molar-refractivity contribution is 5.85. The summed E-state index contributed by atoms with van der Waals surface area (Å²) >= 11 is 0. The summed E-state index contributed by atoms with van der Waals surface area (Å²) in [6, 6.07) is 0. The minimum absolute atomic E-state index is 0.0570. The summed E-state index contributed by atoms with van der Waals surface area (Å²) in [4.78, 5) is 24.3. The molecule has 8 aliphatic rings. The third-order valence-electron chi connectivity index (χ3n) is 16.2. The van der Waals surface area contributed by atoms with E-state index in [1.165, 1.54) is 6.92 Å². The molecule has 15 nitrogen and oxygen atoms in total. The highest BCUT2D eigenvalue weighted by atomic mass is 16.7. The molecule has 4 aliphatic carbocycles. The Morgan fingerprint density at radius 1 is 0.759 bits per heavy atom. The molecule has 0 bridgehead atoms. The third-order valence-corrected chi connectivity index (χ3v) is 16.2. The highest BCUT2D eigenvalue weighted by Gasteiger charge is 2.71. The van der Waals surface area contributed by atoms with Gasteiger partial charge in [-0.2, -0.15) is 0 Å². The van der Waals surface area contributed by atoms with Gasteiger partial charge in [-0.1, -0.05) is 13.8 Å². The Labute approximate surface area is 341 Å². The molecule has 4 saturated carbocycles. The fourth-order valence-electron chi connectivity index (χ4n) is 13.1. The summed E-state index contributed by atoms with van der Waals surface area (Å²) < 4.78 is 48.4. The van der Waals surface area contributed by atoms with Crippen LogP contribution in [0.2, 0.25) is 0 Å². The molecule has 0 aromatic heterocycles. The maximum Gasteiger partial charge on any atom is 0.331 e. The first-order chi connectivity index (χ1) is 27.4. The first kappa shape index (κ1) is 42.9. The van der Waals surface area contributed by atoms with Crippen LogP contribution in [0.4, 0.5) is 0 Å². The van der Waals surface area contributed by atoms with Gasteiger partial charge in [0, 0.05) is 37.7 Å². The number of carbonyl (C=O) groups is 2. The van der Waals surface area contributed by atoms with Crippen molar-refractivity contribution in [1.29, 1.82) is 0 Å². The van der Waals surface area contributed by atoms with Crippen molar-refractivity contribution in [2.75, 3.05) is 6.61 Å². The van der Waals surface area contributed by atoms with Gasteiger partial charge in [-0.3, -0.25) is 4.79 Å². The number of carbonyl (C=O) groups excluding carboxylic acids is 2. The van der Waals surface area contributed by atoms with Crippen LogP contribution >= 0.6 is 0 Å². The number of aliphatic hydroxyl groups is 5. The van der Waals surface area contributed by atoms with Gasteiger partial charge in [0.1, 0.15) is 31.0 Å². The van der Waals surface area contributed by atoms with Crippen LogP contribution in [0.15, 0.2) is 11.6 Å². The van der Waals surface area contributed by atoms with Crippen molar-refractivity contribution in [2.24, 2.45) is 34.5 Å². The Balaban J connectivity index is 0.873. The van der Waals surface area contributed by atoms with Crippen molar-refractivity contribution in [1.82, 2.24) is 0 Å². The van der Waals surface area contributed by atoms with Gasteiger partial charge in [0.05, 0.1) is 48.3 Å². The number of esters is 2. The Hall–Kier alpha value is -1.76. The number of ether oxygens (including phenoxy) is 8. The van der Waals surface area contributed by atoms with E-state index in [9.17, 15) is 35.1 Å². The predicted molar refractivity (Wildman–Crippen MR) is 202 cm³/mol. The Morgan fingerprint density at radius 3 is 2.07 bits per heavy atom. The molecule has 0 aromatic rings. The number of rotatable bonds is 8. The molecule has 21 unspecified atom stereocenters. The molecule has 8 rings (SSSR count). The minimum Gasteiger partial charge on any atom is -0.459 e. The maximum absolute atomic E-state index is 12.6. The van der Waals surface area contributed by atoms with Crippen LogP contribution in [0.5, 0.6) is 0 Å². The Kier molecular flexibility index (Phi) is 12.0. The first-order valence-electron chi connectivity index (χ1n) is 21.8. The lowest BCUT2D eigenvalue weighted by Gasteiger charge is -2.65. The number of fused-ring (bicyclic) bond motifs is 5. The smallest absolute Gasteiger partial charge is 0.331 e. The molecule has 7 fully saturated rings. The van der Waals surface area contributed by atoms with Crippen molar-refractivity contribution >= 4 is 11.9 Å². The fourth-order valence-corrected chi connectivity index (χ4v) is 13.1. The van der Waals surface area contributed by atoms with Crippen LogP contribution in [0.25, 0.3) is 0 Å². The molecule has 58 heavy (non-hydrogen) atoms. The molecule has 0 amide bonds. The molecule has 0 radical (unpaired) electrons. The van der Waals surface area contributed by atoms with Gasteiger partial charge in [-0.25, -0.2) is 4.79 Å². The van der Waals surface area contributed by atoms with Gasteiger partial charge in [0.15, 0.2) is 18.9 Å². The van der Waals surface area contributed by atoms with Gasteiger partial charge in [-0.05, 0) is 107 Å². The van der Waals surface area contributed by atoms with E-state index in [0.29, 0.717) is 18.8 Å². The zero-order valence-electron chi connectivity index (χ0n) is 34.8. The van der Waals surface area contributed by atoms with Crippen molar-refractivity contribution in [2.45, 2.75) is 204 Å². The summed E-state index contributed by atoms with van der Waals surface area (Å²) in [6.45, 7) is 11.2. The molecule has 0 spiro atoms. The van der Waals surface area contributed by atoms with Gasteiger partial charge in [0.25, 0.3) is 0 Å². The predicted octanol–water partition coefficient (Wildman–Crippen LogP) is 2.79.